The number of hydrogen-bond acceptors (Lipinski definition) is 5. The molecule has 0 aliphatic carbocycles. The number of hydrogen-bond donors (Lipinski definition) is 0. The first-order valence-corrected chi connectivity index (χ1v) is 11.5. The van der Waals surface area contributed by atoms with E-state index < -0.39 is 0 Å². The Balaban J connectivity index is 1.09. The zero-order valence-corrected chi connectivity index (χ0v) is 18.5. The van der Waals surface area contributed by atoms with Crippen LogP contribution in [0.5, 0.6) is 11.5 Å². The lowest BCUT2D eigenvalue weighted by molar-refractivity contribution is -0.137. The second-order valence-electron chi connectivity index (χ2n) is 8.91. The van der Waals surface area contributed by atoms with E-state index in [1.807, 2.05) is 17.0 Å². The molecule has 2 aromatic rings. The summed E-state index contributed by atoms with van der Waals surface area (Å²) in [6.45, 7) is 5.04. The predicted molar refractivity (Wildman–Crippen MR) is 119 cm³/mol. The minimum atomic E-state index is -0.272. The van der Waals surface area contributed by atoms with Gasteiger partial charge in [0.2, 0.25) is 18.6 Å². The van der Waals surface area contributed by atoms with Gasteiger partial charge in [-0.1, -0.05) is 18.2 Å². The van der Waals surface area contributed by atoms with E-state index >= 15 is 0 Å². The average Bonchev–Trinajstić information content (AvgIpc) is 3.45. The van der Waals surface area contributed by atoms with Gasteiger partial charge in [0.05, 0.1) is 5.92 Å². The number of halogens is 1. The summed E-state index contributed by atoms with van der Waals surface area (Å²) in [6, 6.07) is 12.3. The summed E-state index contributed by atoms with van der Waals surface area (Å²) in [4.78, 5) is 31.5. The van der Waals surface area contributed by atoms with Crippen molar-refractivity contribution in [3.63, 3.8) is 0 Å². The van der Waals surface area contributed by atoms with Gasteiger partial charge in [-0.05, 0) is 41.8 Å². The SMILES string of the molecule is O=C1C[C@H](C(=O)N2CCN(Cc3ccc4c(c3)OCO4)CC2)CN1CCc1ccc(F)cc1. The molecular weight excluding hydrogens is 425 g/mol. The van der Waals surface area contributed by atoms with Crippen LogP contribution in [-0.4, -0.2) is 72.6 Å². The molecule has 2 saturated heterocycles. The summed E-state index contributed by atoms with van der Waals surface area (Å²) >= 11 is 0. The van der Waals surface area contributed by atoms with E-state index in [9.17, 15) is 14.0 Å². The van der Waals surface area contributed by atoms with E-state index in [4.69, 9.17) is 9.47 Å². The molecule has 5 rings (SSSR count). The van der Waals surface area contributed by atoms with Gasteiger partial charge >= 0.3 is 0 Å². The molecule has 174 valence electrons. The lowest BCUT2D eigenvalue weighted by Gasteiger charge is -2.36. The summed E-state index contributed by atoms with van der Waals surface area (Å²) in [7, 11) is 0. The molecule has 0 aromatic heterocycles. The lowest BCUT2D eigenvalue weighted by atomic mass is 10.1. The minimum Gasteiger partial charge on any atom is -0.454 e. The molecule has 33 heavy (non-hydrogen) atoms. The van der Waals surface area contributed by atoms with Gasteiger partial charge in [0.25, 0.3) is 0 Å². The van der Waals surface area contributed by atoms with Crippen molar-refractivity contribution in [1.29, 1.82) is 0 Å². The molecular formula is C25H28FN3O4. The summed E-state index contributed by atoms with van der Waals surface area (Å²) < 4.78 is 23.9. The fourth-order valence-electron chi connectivity index (χ4n) is 4.75. The van der Waals surface area contributed by atoms with Crippen molar-refractivity contribution >= 4 is 11.8 Å². The molecule has 3 aliphatic heterocycles. The zero-order chi connectivity index (χ0) is 22.8. The van der Waals surface area contributed by atoms with E-state index in [0.717, 1.165) is 42.3 Å². The van der Waals surface area contributed by atoms with Crippen LogP contribution in [0.3, 0.4) is 0 Å². The number of rotatable bonds is 6. The predicted octanol–water partition coefficient (Wildman–Crippen LogP) is 2.29. The molecule has 7 nitrogen and oxygen atoms in total. The molecule has 0 saturated carbocycles. The van der Waals surface area contributed by atoms with Crippen molar-refractivity contribution < 1.29 is 23.5 Å². The Bertz CT molecular complexity index is 1020. The third kappa shape index (κ3) is 4.95. The maximum absolute atomic E-state index is 13.1. The van der Waals surface area contributed by atoms with E-state index in [0.29, 0.717) is 32.6 Å². The van der Waals surface area contributed by atoms with Gasteiger partial charge < -0.3 is 19.3 Å². The normalized spacial score (nSPS) is 20.5. The largest absolute Gasteiger partial charge is 0.454 e. The highest BCUT2D eigenvalue weighted by Gasteiger charge is 2.37. The summed E-state index contributed by atoms with van der Waals surface area (Å²) in [5, 5.41) is 0. The van der Waals surface area contributed by atoms with Crippen LogP contribution in [0.1, 0.15) is 17.5 Å². The van der Waals surface area contributed by atoms with Crippen LogP contribution in [0.4, 0.5) is 4.39 Å². The van der Waals surface area contributed by atoms with Crippen molar-refractivity contribution in [2.24, 2.45) is 5.92 Å². The zero-order valence-electron chi connectivity index (χ0n) is 18.5. The van der Waals surface area contributed by atoms with E-state index in [2.05, 4.69) is 11.0 Å². The molecule has 3 heterocycles. The monoisotopic (exact) mass is 453 g/mol. The smallest absolute Gasteiger partial charge is 0.231 e. The molecule has 2 amide bonds. The first kappa shape index (κ1) is 21.7. The van der Waals surface area contributed by atoms with Gasteiger partial charge in [0.15, 0.2) is 11.5 Å². The molecule has 2 aromatic carbocycles. The van der Waals surface area contributed by atoms with Crippen LogP contribution in [0, 0.1) is 11.7 Å². The number of carbonyl (C=O) groups is 2. The fraction of sp³-hybridized carbons (Fsp3) is 0.440. The first-order valence-electron chi connectivity index (χ1n) is 11.5. The van der Waals surface area contributed by atoms with Crippen molar-refractivity contribution in [3.05, 3.63) is 59.4 Å². The third-order valence-electron chi connectivity index (χ3n) is 6.67. The highest BCUT2D eigenvalue weighted by molar-refractivity contribution is 5.89. The van der Waals surface area contributed by atoms with Crippen molar-refractivity contribution in [2.75, 3.05) is 46.1 Å². The van der Waals surface area contributed by atoms with Crippen LogP contribution in [0.2, 0.25) is 0 Å². The van der Waals surface area contributed by atoms with E-state index in [-0.39, 0.29) is 36.8 Å². The molecule has 1 atom stereocenters. The second-order valence-corrected chi connectivity index (χ2v) is 8.91. The average molecular weight is 454 g/mol. The molecule has 0 bridgehead atoms. The van der Waals surface area contributed by atoms with Crippen molar-refractivity contribution in [1.82, 2.24) is 14.7 Å². The van der Waals surface area contributed by atoms with Crippen LogP contribution in [-0.2, 0) is 22.6 Å². The number of amides is 2. The number of ether oxygens (including phenoxy) is 2. The highest BCUT2D eigenvalue weighted by atomic mass is 19.1. The van der Waals surface area contributed by atoms with Gasteiger partial charge in [0.1, 0.15) is 5.82 Å². The Morgan fingerprint density at radius 3 is 2.48 bits per heavy atom. The number of piperazine rings is 1. The molecule has 2 fully saturated rings. The Hall–Kier alpha value is -3.13. The molecule has 0 N–H and O–H groups in total. The van der Waals surface area contributed by atoms with Gasteiger partial charge in [-0.15, -0.1) is 0 Å². The highest BCUT2D eigenvalue weighted by Crippen LogP contribution is 2.33. The number of benzene rings is 2. The van der Waals surface area contributed by atoms with Gasteiger partial charge in [-0.2, -0.15) is 0 Å². The van der Waals surface area contributed by atoms with E-state index in [1.165, 1.54) is 12.1 Å². The maximum atomic E-state index is 13.1. The van der Waals surface area contributed by atoms with Crippen LogP contribution >= 0.6 is 0 Å². The number of fused-ring (bicyclic) bond motifs is 1. The number of carbonyl (C=O) groups excluding carboxylic acids is 2. The fourth-order valence-corrected chi connectivity index (χ4v) is 4.75. The van der Waals surface area contributed by atoms with Crippen LogP contribution in [0.15, 0.2) is 42.5 Å². The number of nitrogens with zero attached hydrogens (tertiary/aromatic N) is 3. The van der Waals surface area contributed by atoms with Crippen LogP contribution < -0.4 is 9.47 Å². The van der Waals surface area contributed by atoms with Gasteiger partial charge in [0, 0.05) is 52.2 Å². The van der Waals surface area contributed by atoms with Crippen LogP contribution in [0.25, 0.3) is 0 Å². The number of likely N-dealkylation sites (tertiary alicyclic amines) is 1. The summed E-state index contributed by atoms with van der Waals surface area (Å²) in [5.41, 5.74) is 2.15. The first-order chi connectivity index (χ1) is 16.0. The standard InChI is InChI=1S/C25H28FN3O4/c26-21-4-1-18(2-5-21)7-8-29-16-20(14-24(29)30)25(31)28-11-9-27(10-12-28)15-19-3-6-22-23(13-19)33-17-32-22/h1-6,13,20H,7-12,14-17H2/t20-/m0/s1. The molecule has 0 unspecified atom stereocenters. The summed E-state index contributed by atoms with van der Waals surface area (Å²) in [5.74, 6) is 1.14. The third-order valence-corrected chi connectivity index (χ3v) is 6.67. The minimum absolute atomic E-state index is 0.0249. The second kappa shape index (κ2) is 9.39. The quantitative estimate of drug-likeness (QED) is 0.672. The Labute approximate surface area is 192 Å². The lowest BCUT2D eigenvalue weighted by Crippen LogP contribution is -2.50. The van der Waals surface area contributed by atoms with Gasteiger partial charge in [-0.3, -0.25) is 14.5 Å². The van der Waals surface area contributed by atoms with E-state index in [1.54, 1.807) is 17.0 Å². The topological polar surface area (TPSA) is 62.3 Å². The van der Waals surface area contributed by atoms with Crippen molar-refractivity contribution in [3.8, 4) is 11.5 Å². The Kier molecular flexibility index (Phi) is 6.17. The Morgan fingerprint density at radius 1 is 0.970 bits per heavy atom. The Morgan fingerprint density at radius 2 is 1.70 bits per heavy atom. The molecule has 0 spiro atoms. The summed E-state index contributed by atoms with van der Waals surface area (Å²) in [6.07, 6.45) is 0.936. The molecule has 8 heteroatoms. The van der Waals surface area contributed by atoms with Crippen molar-refractivity contribution in [2.45, 2.75) is 19.4 Å². The van der Waals surface area contributed by atoms with Gasteiger partial charge in [-0.25, -0.2) is 4.39 Å². The molecule has 3 aliphatic rings. The maximum Gasteiger partial charge on any atom is 0.231 e. The molecule has 0 radical (unpaired) electrons.